The summed E-state index contributed by atoms with van der Waals surface area (Å²) in [6.07, 6.45) is 2.08. The van der Waals surface area contributed by atoms with Crippen LogP contribution in [0.1, 0.15) is 35.2 Å². The van der Waals surface area contributed by atoms with Crippen molar-refractivity contribution in [2.24, 2.45) is 0 Å². The first kappa shape index (κ1) is 17.8. The van der Waals surface area contributed by atoms with Crippen LogP contribution < -0.4 is 5.32 Å². The van der Waals surface area contributed by atoms with Gasteiger partial charge in [0.1, 0.15) is 11.6 Å². The van der Waals surface area contributed by atoms with Gasteiger partial charge in [-0.2, -0.15) is 10.4 Å². The normalized spacial score (nSPS) is 15.8. The number of nitriles is 1. The van der Waals surface area contributed by atoms with Gasteiger partial charge in [0.2, 0.25) is 0 Å². The summed E-state index contributed by atoms with van der Waals surface area (Å²) >= 11 is 3.48. The number of halogens is 1. The topological polar surface area (TPSA) is 64.8 Å². The van der Waals surface area contributed by atoms with Crippen LogP contribution in [0.4, 0.5) is 5.82 Å². The Hall–Kier alpha value is -1.97. The van der Waals surface area contributed by atoms with Crippen molar-refractivity contribution in [2.45, 2.75) is 39.3 Å². The molecule has 0 aliphatic carbocycles. The van der Waals surface area contributed by atoms with E-state index in [2.05, 4.69) is 66.7 Å². The summed E-state index contributed by atoms with van der Waals surface area (Å²) in [5.74, 6) is 0.622. The van der Waals surface area contributed by atoms with Gasteiger partial charge < -0.3 is 5.32 Å². The monoisotopic (exact) mass is 399 g/mol. The molecule has 1 aromatic heterocycles. The molecule has 25 heavy (non-hydrogen) atoms. The standard InChI is InChI=1S/C19H22BrN5/c1-13-14(2)23-24-19(18(13)11-21)22-17-7-9-25(10-8-17)12-15-3-5-16(20)6-4-15/h3-6,17H,7-10,12H2,1-2H3,(H,22,24). The number of nitrogens with one attached hydrogen (secondary N) is 1. The Bertz CT molecular complexity index is 774. The van der Waals surface area contributed by atoms with Gasteiger partial charge in [-0.3, -0.25) is 4.90 Å². The predicted octanol–water partition coefficient (Wildman–Crippen LogP) is 3.80. The van der Waals surface area contributed by atoms with Crippen LogP contribution in [0.3, 0.4) is 0 Å². The molecule has 0 atom stereocenters. The zero-order valence-electron chi connectivity index (χ0n) is 14.6. The number of likely N-dealkylation sites (tertiary alicyclic amines) is 1. The number of nitrogens with zero attached hydrogens (tertiary/aromatic N) is 4. The van der Waals surface area contributed by atoms with Gasteiger partial charge in [0.05, 0.1) is 5.69 Å². The van der Waals surface area contributed by atoms with Crippen molar-refractivity contribution in [3.05, 3.63) is 51.1 Å². The molecule has 5 nitrogen and oxygen atoms in total. The van der Waals surface area contributed by atoms with E-state index in [1.807, 2.05) is 13.8 Å². The zero-order chi connectivity index (χ0) is 17.8. The average molecular weight is 400 g/mol. The molecule has 3 rings (SSSR count). The molecule has 0 unspecified atom stereocenters. The highest BCUT2D eigenvalue weighted by molar-refractivity contribution is 9.10. The van der Waals surface area contributed by atoms with E-state index in [1.54, 1.807) is 0 Å². The number of aryl methyl sites for hydroxylation is 1. The molecule has 0 bridgehead atoms. The van der Waals surface area contributed by atoms with E-state index in [4.69, 9.17) is 0 Å². The van der Waals surface area contributed by atoms with Crippen LogP contribution in [0.15, 0.2) is 28.7 Å². The van der Waals surface area contributed by atoms with Gasteiger partial charge in [0.25, 0.3) is 0 Å². The SMILES string of the molecule is Cc1nnc(NC2CCN(Cc3ccc(Br)cc3)CC2)c(C#N)c1C. The third-order valence-corrected chi connectivity index (χ3v) is 5.34. The minimum atomic E-state index is 0.338. The van der Waals surface area contributed by atoms with E-state index >= 15 is 0 Å². The summed E-state index contributed by atoms with van der Waals surface area (Å²) in [7, 11) is 0. The van der Waals surface area contributed by atoms with E-state index in [0.717, 1.165) is 48.2 Å². The van der Waals surface area contributed by atoms with Crippen LogP contribution in [0, 0.1) is 25.2 Å². The Balaban J connectivity index is 1.57. The molecule has 1 aliphatic heterocycles. The van der Waals surface area contributed by atoms with E-state index in [0.29, 0.717) is 17.4 Å². The highest BCUT2D eigenvalue weighted by atomic mass is 79.9. The number of aromatic nitrogens is 2. The maximum absolute atomic E-state index is 9.41. The van der Waals surface area contributed by atoms with E-state index < -0.39 is 0 Å². The van der Waals surface area contributed by atoms with Gasteiger partial charge >= 0.3 is 0 Å². The van der Waals surface area contributed by atoms with Crippen LogP contribution >= 0.6 is 15.9 Å². The van der Waals surface area contributed by atoms with Crippen molar-refractivity contribution in [2.75, 3.05) is 18.4 Å². The minimum absolute atomic E-state index is 0.338. The Morgan fingerprint density at radius 1 is 1.20 bits per heavy atom. The van der Waals surface area contributed by atoms with Gasteiger partial charge in [-0.05, 0) is 49.9 Å². The second-order valence-corrected chi connectivity index (χ2v) is 7.48. The van der Waals surface area contributed by atoms with Gasteiger partial charge in [0, 0.05) is 30.1 Å². The molecule has 1 aromatic carbocycles. The molecule has 130 valence electrons. The Labute approximate surface area is 157 Å². The third-order valence-electron chi connectivity index (χ3n) is 4.81. The number of rotatable bonds is 4. The molecule has 0 amide bonds. The fourth-order valence-electron chi connectivity index (χ4n) is 3.12. The molecular formula is C19H22BrN5. The molecule has 0 radical (unpaired) electrons. The first-order chi connectivity index (χ1) is 12.1. The Kier molecular flexibility index (Phi) is 5.67. The van der Waals surface area contributed by atoms with Crippen molar-refractivity contribution in [3.8, 4) is 6.07 Å². The largest absolute Gasteiger partial charge is 0.365 e. The molecule has 1 N–H and O–H groups in total. The number of hydrogen-bond donors (Lipinski definition) is 1. The molecule has 1 saturated heterocycles. The Morgan fingerprint density at radius 2 is 1.88 bits per heavy atom. The second-order valence-electron chi connectivity index (χ2n) is 6.57. The number of anilines is 1. The fourth-order valence-corrected chi connectivity index (χ4v) is 3.39. The van der Waals surface area contributed by atoms with Crippen LogP contribution in [0.2, 0.25) is 0 Å². The molecule has 0 spiro atoms. The van der Waals surface area contributed by atoms with Crippen molar-refractivity contribution >= 4 is 21.7 Å². The zero-order valence-corrected chi connectivity index (χ0v) is 16.2. The lowest BCUT2D eigenvalue weighted by atomic mass is 10.0. The van der Waals surface area contributed by atoms with Crippen molar-refractivity contribution in [3.63, 3.8) is 0 Å². The first-order valence-corrected chi connectivity index (χ1v) is 9.33. The molecule has 6 heteroatoms. The molecule has 1 fully saturated rings. The third kappa shape index (κ3) is 4.36. The van der Waals surface area contributed by atoms with Gasteiger partial charge in [-0.25, -0.2) is 0 Å². The quantitative estimate of drug-likeness (QED) is 0.846. The lowest BCUT2D eigenvalue weighted by Crippen LogP contribution is -2.39. The summed E-state index contributed by atoms with van der Waals surface area (Å²) in [5.41, 5.74) is 3.67. The van der Waals surface area contributed by atoms with E-state index in [9.17, 15) is 5.26 Å². The number of benzene rings is 1. The van der Waals surface area contributed by atoms with Gasteiger partial charge in [0.15, 0.2) is 5.82 Å². The smallest absolute Gasteiger partial charge is 0.167 e. The maximum Gasteiger partial charge on any atom is 0.167 e. The van der Waals surface area contributed by atoms with Crippen LogP contribution in [-0.4, -0.2) is 34.2 Å². The summed E-state index contributed by atoms with van der Waals surface area (Å²) in [6, 6.07) is 11.1. The number of piperidine rings is 1. The lowest BCUT2D eigenvalue weighted by molar-refractivity contribution is 0.211. The summed E-state index contributed by atoms with van der Waals surface area (Å²) < 4.78 is 1.11. The second kappa shape index (κ2) is 7.94. The highest BCUT2D eigenvalue weighted by Gasteiger charge is 2.21. The minimum Gasteiger partial charge on any atom is -0.365 e. The number of hydrogen-bond acceptors (Lipinski definition) is 5. The van der Waals surface area contributed by atoms with Crippen molar-refractivity contribution < 1.29 is 0 Å². The summed E-state index contributed by atoms with van der Waals surface area (Å²) in [4.78, 5) is 2.47. The lowest BCUT2D eigenvalue weighted by Gasteiger charge is -2.32. The summed E-state index contributed by atoms with van der Waals surface area (Å²) in [6.45, 7) is 6.86. The maximum atomic E-state index is 9.41. The molecule has 1 aliphatic rings. The molecule has 2 aromatic rings. The van der Waals surface area contributed by atoms with Crippen molar-refractivity contribution in [1.29, 1.82) is 5.26 Å². The van der Waals surface area contributed by atoms with E-state index in [-0.39, 0.29) is 0 Å². The Morgan fingerprint density at radius 3 is 2.52 bits per heavy atom. The molecule has 2 heterocycles. The summed E-state index contributed by atoms with van der Waals surface area (Å²) in [5, 5.41) is 21.2. The molecular weight excluding hydrogens is 378 g/mol. The average Bonchev–Trinajstić information content (AvgIpc) is 2.62. The highest BCUT2D eigenvalue weighted by Crippen LogP contribution is 2.22. The van der Waals surface area contributed by atoms with Crippen LogP contribution in [0.25, 0.3) is 0 Å². The van der Waals surface area contributed by atoms with Crippen LogP contribution in [-0.2, 0) is 6.54 Å². The van der Waals surface area contributed by atoms with E-state index in [1.165, 1.54) is 5.56 Å². The van der Waals surface area contributed by atoms with Gasteiger partial charge in [-0.1, -0.05) is 28.1 Å². The fraction of sp³-hybridized carbons (Fsp3) is 0.421. The van der Waals surface area contributed by atoms with Crippen molar-refractivity contribution in [1.82, 2.24) is 15.1 Å². The first-order valence-electron chi connectivity index (χ1n) is 8.54. The predicted molar refractivity (Wildman–Crippen MR) is 102 cm³/mol. The van der Waals surface area contributed by atoms with Gasteiger partial charge in [-0.15, -0.1) is 5.10 Å². The van der Waals surface area contributed by atoms with Crippen LogP contribution in [0.5, 0.6) is 0 Å². The molecule has 0 saturated carbocycles.